The Kier molecular flexibility index (Phi) is 6.41. The number of hydrogen-bond acceptors (Lipinski definition) is 2. The molecule has 0 aliphatic heterocycles. The standard InChI is InChI=1S/C20H34N2O/c23-20-19(17-12-8-4-1-2-5-9-13-17)16-21-22(20)18-14-10-6-3-7-11-15-18/h16-18,23H,1-15H2. The van der Waals surface area contributed by atoms with Crippen LogP contribution in [0.4, 0.5) is 0 Å². The molecule has 0 atom stereocenters. The summed E-state index contributed by atoms with van der Waals surface area (Å²) in [5.74, 6) is 1.01. The molecule has 23 heavy (non-hydrogen) atoms. The van der Waals surface area contributed by atoms with E-state index in [2.05, 4.69) is 5.10 Å². The molecule has 2 fully saturated rings. The van der Waals surface area contributed by atoms with Gasteiger partial charge in [0.05, 0.1) is 12.2 Å². The van der Waals surface area contributed by atoms with Gasteiger partial charge >= 0.3 is 0 Å². The summed E-state index contributed by atoms with van der Waals surface area (Å²) in [4.78, 5) is 0. The van der Waals surface area contributed by atoms with Gasteiger partial charge in [-0.1, -0.05) is 70.6 Å². The average Bonchev–Trinajstić information content (AvgIpc) is 2.94. The van der Waals surface area contributed by atoms with Gasteiger partial charge in [0, 0.05) is 5.56 Å². The maximum Gasteiger partial charge on any atom is 0.213 e. The maximum absolute atomic E-state index is 10.8. The van der Waals surface area contributed by atoms with Crippen LogP contribution in [0.3, 0.4) is 0 Å². The molecule has 0 saturated heterocycles. The fourth-order valence-electron chi connectivity index (χ4n) is 4.55. The number of aromatic hydroxyl groups is 1. The SMILES string of the molecule is Oc1c(C2CCCCCCCC2)cnn1C1CCCCCCC1. The summed E-state index contributed by atoms with van der Waals surface area (Å²) in [5.41, 5.74) is 1.13. The van der Waals surface area contributed by atoms with Crippen LogP contribution in [0.1, 0.15) is 114 Å². The van der Waals surface area contributed by atoms with Gasteiger partial charge in [-0.3, -0.25) is 0 Å². The molecule has 130 valence electrons. The second-order valence-corrected chi connectivity index (χ2v) is 7.76. The van der Waals surface area contributed by atoms with E-state index in [1.165, 1.54) is 96.3 Å². The van der Waals surface area contributed by atoms with Gasteiger partial charge < -0.3 is 5.11 Å². The van der Waals surface area contributed by atoms with E-state index in [1.807, 2.05) is 10.9 Å². The van der Waals surface area contributed by atoms with E-state index >= 15 is 0 Å². The third kappa shape index (κ3) is 4.51. The van der Waals surface area contributed by atoms with E-state index in [-0.39, 0.29) is 0 Å². The Hall–Kier alpha value is -0.990. The minimum atomic E-state index is 0.417. The van der Waals surface area contributed by atoms with Gasteiger partial charge in [-0.05, 0) is 31.6 Å². The van der Waals surface area contributed by atoms with Crippen LogP contribution in [0.25, 0.3) is 0 Å². The lowest BCUT2D eigenvalue weighted by Gasteiger charge is -2.21. The Morgan fingerprint density at radius 1 is 0.739 bits per heavy atom. The quantitative estimate of drug-likeness (QED) is 0.716. The second kappa shape index (κ2) is 8.75. The number of rotatable bonds is 2. The van der Waals surface area contributed by atoms with Crippen LogP contribution in [0.2, 0.25) is 0 Å². The third-order valence-corrected chi connectivity index (χ3v) is 6.01. The molecule has 2 aliphatic carbocycles. The van der Waals surface area contributed by atoms with Crippen LogP contribution in [-0.4, -0.2) is 14.9 Å². The van der Waals surface area contributed by atoms with Crippen molar-refractivity contribution in [3.8, 4) is 5.88 Å². The molecule has 0 amide bonds. The minimum Gasteiger partial charge on any atom is -0.493 e. The minimum absolute atomic E-state index is 0.417. The van der Waals surface area contributed by atoms with Crippen LogP contribution in [0.5, 0.6) is 5.88 Å². The third-order valence-electron chi connectivity index (χ3n) is 6.01. The highest BCUT2D eigenvalue weighted by Crippen LogP contribution is 2.38. The molecule has 0 radical (unpaired) electrons. The summed E-state index contributed by atoms with van der Waals surface area (Å²) < 4.78 is 1.97. The zero-order chi connectivity index (χ0) is 15.9. The Morgan fingerprint density at radius 2 is 1.22 bits per heavy atom. The van der Waals surface area contributed by atoms with Crippen LogP contribution in [0.15, 0.2) is 6.20 Å². The molecule has 0 unspecified atom stereocenters. The molecule has 1 aromatic heterocycles. The molecule has 3 heteroatoms. The zero-order valence-electron chi connectivity index (χ0n) is 14.7. The zero-order valence-corrected chi connectivity index (χ0v) is 14.7. The van der Waals surface area contributed by atoms with Crippen molar-refractivity contribution < 1.29 is 5.11 Å². The van der Waals surface area contributed by atoms with Crippen LogP contribution in [-0.2, 0) is 0 Å². The molecule has 2 saturated carbocycles. The predicted molar refractivity (Wildman–Crippen MR) is 94.9 cm³/mol. The first-order valence-corrected chi connectivity index (χ1v) is 10.1. The molecule has 1 N–H and O–H groups in total. The van der Waals surface area contributed by atoms with Gasteiger partial charge in [-0.25, -0.2) is 4.68 Å². The predicted octanol–water partition coefficient (Wildman–Crippen LogP) is 6.09. The molecule has 0 bridgehead atoms. The van der Waals surface area contributed by atoms with E-state index in [0.29, 0.717) is 17.8 Å². The Balaban J connectivity index is 1.71. The van der Waals surface area contributed by atoms with Crippen molar-refractivity contribution in [3.05, 3.63) is 11.8 Å². The smallest absolute Gasteiger partial charge is 0.213 e. The van der Waals surface area contributed by atoms with E-state index in [1.54, 1.807) is 0 Å². The maximum atomic E-state index is 10.8. The molecule has 3 nitrogen and oxygen atoms in total. The van der Waals surface area contributed by atoms with Crippen LogP contribution < -0.4 is 0 Å². The highest BCUT2D eigenvalue weighted by molar-refractivity contribution is 5.27. The van der Waals surface area contributed by atoms with Crippen molar-refractivity contribution in [3.63, 3.8) is 0 Å². The largest absolute Gasteiger partial charge is 0.493 e. The normalized spacial score (nSPS) is 23.5. The van der Waals surface area contributed by atoms with Gasteiger partial charge in [0.15, 0.2) is 0 Å². The summed E-state index contributed by atoms with van der Waals surface area (Å²) in [6, 6.07) is 0.417. The topological polar surface area (TPSA) is 38.1 Å². The number of nitrogens with zero attached hydrogens (tertiary/aromatic N) is 2. The lowest BCUT2D eigenvalue weighted by molar-refractivity contribution is 0.300. The monoisotopic (exact) mass is 318 g/mol. The van der Waals surface area contributed by atoms with E-state index in [9.17, 15) is 5.11 Å². The fourth-order valence-corrected chi connectivity index (χ4v) is 4.55. The number of hydrogen-bond donors (Lipinski definition) is 1. The molecule has 1 heterocycles. The lowest BCUT2D eigenvalue weighted by Crippen LogP contribution is -2.12. The first-order chi connectivity index (χ1) is 11.4. The Labute approximate surface area is 141 Å². The summed E-state index contributed by atoms with van der Waals surface area (Å²) in [6.45, 7) is 0. The molecule has 0 spiro atoms. The summed E-state index contributed by atoms with van der Waals surface area (Å²) in [5, 5.41) is 15.5. The van der Waals surface area contributed by atoms with Gasteiger partial charge in [-0.2, -0.15) is 5.10 Å². The summed E-state index contributed by atoms with van der Waals surface area (Å²) in [7, 11) is 0. The van der Waals surface area contributed by atoms with Gasteiger partial charge in [-0.15, -0.1) is 0 Å². The highest BCUT2D eigenvalue weighted by atomic mass is 16.3. The van der Waals surface area contributed by atoms with Crippen LogP contribution in [0, 0.1) is 0 Å². The van der Waals surface area contributed by atoms with Crippen molar-refractivity contribution >= 4 is 0 Å². The van der Waals surface area contributed by atoms with Gasteiger partial charge in [0.1, 0.15) is 0 Å². The summed E-state index contributed by atoms with van der Waals surface area (Å²) >= 11 is 0. The van der Waals surface area contributed by atoms with Crippen molar-refractivity contribution in [2.75, 3.05) is 0 Å². The average molecular weight is 319 g/mol. The first kappa shape index (κ1) is 16.9. The first-order valence-electron chi connectivity index (χ1n) is 10.1. The fraction of sp³-hybridized carbons (Fsp3) is 0.850. The van der Waals surface area contributed by atoms with Crippen molar-refractivity contribution in [1.82, 2.24) is 9.78 Å². The molecule has 1 aromatic rings. The Morgan fingerprint density at radius 3 is 1.78 bits per heavy atom. The van der Waals surface area contributed by atoms with Crippen molar-refractivity contribution in [1.29, 1.82) is 0 Å². The van der Waals surface area contributed by atoms with E-state index in [0.717, 1.165) is 5.56 Å². The van der Waals surface area contributed by atoms with Crippen molar-refractivity contribution in [2.45, 2.75) is 108 Å². The Bertz CT molecular complexity index is 450. The van der Waals surface area contributed by atoms with Gasteiger partial charge in [0.25, 0.3) is 0 Å². The van der Waals surface area contributed by atoms with E-state index < -0.39 is 0 Å². The molecule has 0 aromatic carbocycles. The molecule has 3 rings (SSSR count). The number of aromatic nitrogens is 2. The molecular formula is C20H34N2O. The second-order valence-electron chi connectivity index (χ2n) is 7.76. The molecular weight excluding hydrogens is 284 g/mol. The van der Waals surface area contributed by atoms with Crippen molar-refractivity contribution in [2.24, 2.45) is 0 Å². The molecule has 2 aliphatic rings. The van der Waals surface area contributed by atoms with Crippen LogP contribution >= 0.6 is 0 Å². The van der Waals surface area contributed by atoms with Gasteiger partial charge in [0.2, 0.25) is 5.88 Å². The highest BCUT2D eigenvalue weighted by Gasteiger charge is 2.24. The van der Waals surface area contributed by atoms with E-state index in [4.69, 9.17) is 0 Å². The lowest BCUT2D eigenvalue weighted by atomic mass is 9.91. The summed E-state index contributed by atoms with van der Waals surface area (Å²) in [6.07, 6.45) is 21.5.